The molecular formula is C50H86NO10P. The fourth-order valence-corrected chi connectivity index (χ4v) is 6.47. The normalized spacial score (nSPS) is 15.3. The summed E-state index contributed by atoms with van der Waals surface area (Å²) in [5.74, 6) is -1.16. The molecule has 0 radical (unpaired) electrons. The van der Waals surface area contributed by atoms with Gasteiger partial charge in [0.25, 0.3) is 7.82 Å². The van der Waals surface area contributed by atoms with Gasteiger partial charge in [-0.15, -0.1) is 0 Å². The second kappa shape index (κ2) is 40.9. The maximum absolute atomic E-state index is 12.7. The molecule has 356 valence electrons. The lowest BCUT2D eigenvalue weighted by Gasteiger charge is -2.28. The van der Waals surface area contributed by atoms with Crippen LogP contribution in [0.4, 0.5) is 0 Å². The molecule has 0 spiro atoms. The van der Waals surface area contributed by atoms with Gasteiger partial charge in [0.2, 0.25) is 0 Å². The van der Waals surface area contributed by atoms with E-state index in [9.17, 15) is 29.3 Å². The van der Waals surface area contributed by atoms with Gasteiger partial charge in [0.05, 0.1) is 40.0 Å². The summed E-state index contributed by atoms with van der Waals surface area (Å²) in [4.78, 5) is 37.7. The maximum Gasteiger partial charge on any atom is 0.306 e. The van der Waals surface area contributed by atoms with Crippen molar-refractivity contribution in [3.63, 3.8) is 0 Å². The van der Waals surface area contributed by atoms with Crippen LogP contribution in [0.2, 0.25) is 0 Å². The van der Waals surface area contributed by atoms with Crippen LogP contribution >= 0.6 is 7.82 Å². The average Bonchev–Trinajstić information content (AvgIpc) is 3.22. The first-order chi connectivity index (χ1) is 29.8. The first-order valence-electron chi connectivity index (χ1n) is 23.5. The quantitative estimate of drug-likeness (QED) is 0.0199. The predicted molar refractivity (Wildman–Crippen MR) is 252 cm³/mol. The van der Waals surface area contributed by atoms with Crippen molar-refractivity contribution in [1.82, 2.24) is 0 Å². The lowest BCUT2D eigenvalue weighted by atomic mass is 10.0. The molecule has 0 saturated carbocycles. The zero-order valence-electron chi connectivity index (χ0n) is 39.3. The molecule has 0 heterocycles. The van der Waals surface area contributed by atoms with Crippen LogP contribution in [0.1, 0.15) is 155 Å². The Hall–Kier alpha value is -2.89. The summed E-state index contributed by atoms with van der Waals surface area (Å²) in [7, 11) is 0.956. The number of carbonyl (C=O) groups is 2. The maximum atomic E-state index is 12.7. The Morgan fingerprint density at radius 3 is 1.55 bits per heavy atom. The van der Waals surface area contributed by atoms with Gasteiger partial charge in [-0.2, -0.15) is 0 Å². The molecule has 0 bridgehead atoms. The fraction of sp³-hybridized carbons (Fsp3) is 0.680. The molecule has 0 aromatic heterocycles. The number of rotatable bonds is 41. The number of carbonyl (C=O) groups excluding carboxylic acids is 2. The summed E-state index contributed by atoms with van der Waals surface area (Å²) in [5.41, 5.74) is 0. The van der Waals surface area contributed by atoms with Gasteiger partial charge in [0, 0.05) is 12.8 Å². The van der Waals surface area contributed by atoms with Gasteiger partial charge in [-0.1, -0.05) is 131 Å². The van der Waals surface area contributed by atoms with Crippen molar-refractivity contribution in [3.8, 4) is 0 Å². The number of likely N-dealkylation sites (N-methyl/N-ethyl adjacent to an activating group) is 1. The first kappa shape index (κ1) is 59.1. The molecule has 62 heavy (non-hydrogen) atoms. The number of phosphoric ester groups is 1. The topological polar surface area (TPSA) is 152 Å². The molecule has 0 aromatic carbocycles. The van der Waals surface area contributed by atoms with Crippen molar-refractivity contribution < 1.29 is 52.3 Å². The molecule has 0 saturated heterocycles. The molecule has 0 amide bonds. The number of aliphatic hydroxyl groups excluding tert-OH is 2. The highest BCUT2D eigenvalue weighted by Gasteiger charge is 2.22. The zero-order chi connectivity index (χ0) is 46.0. The molecular weight excluding hydrogens is 806 g/mol. The zero-order valence-corrected chi connectivity index (χ0v) is 40.1. The number of hydrogen-bond donors (Lipinski definition) is 2. The van der Waals surface area contributed by atoms with E-state index < -0.39 is 44.7 Å². The van der Waals surface area contributed by atoms with Crippen LogP contribution in [0.3, 0.4) is 0 Å². The predicted octanol–water partition coefficient (Wildman–Crippen LogP) is 10.9. The van der Waals surface area contributed by atoms with Crippen LogP contribution in [0.15, 0.2) is 85.1 Å². The molecule has 11 nitrogen and oxygen atoms in total. The van der Waals surface area contributed by atoms with Crippen molar-refractivity contribution >= 4 is 19.8 Å². The average molecular weight is 892 g/mol. The third-order valence-corrected chi connectivity index (χ3v) is 10.6. The van der Waals surface area contributed by atoms with Gasteiger partial charge in [-0.25, -0.2) is 0 Å². The van der Waals surface area contributed by atoms with E-state index in [0.717, 1.165) is 57.8 Å². The van der Waals surface area contributed by atoms with E-state index in [1.165, 1.54) is 44.9 Å². The van der Waals surface area contributed by atoms with E-state index in [4.69, 9.17) is 18.5 Å². The Morgan fingerprint density at radius 1 is 0.581 bits per heavy atom. The highest BCUT2D eigenvalue weighted by Crippen LogP contribution is 2.38. The molecule has 0 aliphatic rings. The van der Waals surface area contributed by atoms with E-state index in [1.54, 1.807) is 0 Å². The van der Waals surface area contributed by atoms with Crippen LogP contribution in [-0.2, 0) is 32.7 Å². The minimum absolute atomic E-state index is 0.0930. The van der Waals surface area contributed by atoms with Gasteiger partial charge in [-0.3, -0.25) is 14.2 Å². The highest BCUT2D eigenvalue weighted by molar-refractivity contribution is 7.45. The minimum Gasteiger partial charge on any atom is -0.756 e. The second-order valence-electron chi connectivity index (χ2n) is 16.7. The SMILES string of the molecule is CCCCC/C=C\C/C=C\C/C=C\C/C=C\CCCCCC(=O)OC[C@H](COP(=O)([O-])OCC[N+](C)(C)C)OC(=O)CCCC(O)C(O)C/C=C\C/C=C\C/C=C\CCCCC. The molecule has 2 N–H and O–H groups in total. The number of hydrogen-bond acceptors (Lipinski definition) is 10. The standard InChI is InChI=1S/C50H86NO10P/c1-6-8-10-12-14-16-18-20-21-22-23-24-25-26-28-30-32-34-36-40-49(54)58-44-46(45-60-62(56,57)59-43-42-51(3,4)5)61-50(55)41-37-39-48(53)47(52)38-35-33-31-29-27-19-17-15-13-11-9-7-2/h14-17,20-21,23-24,26-29,33,35,46-48,52-53H,6-13,18-19,22,25,30-32,34,36-45H2,1-5H3/b16-14-,17-15-,21-20-,24-23-,28-26-,29-27-,35-33-/t46-,47?,48?/m1/s1. The van der Waals surface area contributed by atoms with E-state index >= 15 is 0 Å². The Bertz CT molecular complexity index is 1360. The van der Waals surface area contributed by atoms with E-state index in [1.807, 2.05) is 33.3 Å². The smallest absolute Gasteiger partial charge is 0.306 e. The van der Waals surface area contributed by atoms with Gasteiger partial charge in [0.1, 0.15) is 19.8 Å². The van der Waals surface area contributed by atoms with Gasteiger partial charge < -0.3 is 38.1 Å². The molecule has 3 unspecified atom stereocenters. The summed E-state index contributed by atoms with van der Waals surface area (Å²) in [6, 6.07) is 0. The monoisotopic (exact) mass is 892 g/mol. The van der Waals surface area contributed by atoms with Crippen molar-refractivity contribution in [2.75, 3.05) is 47.5 Å². The molecule has 12 heteroatoms. The van der Waals surface area contributed by atoms with Crippen molar-refractivity contribution in [1.29, 1.82) is 0 Å². The van der Waals surface area contributed by atoms with Gasteiger partial charge in [-0.05, 0) is 96.3 Å². The largest absolute Gasteiger partial charge is 0.756 e. The lowest BCUT2D eigenvalue weighted by molar-refractivity contribution is -0.870. The Morgan fingerprint density at radius 2 is 1.05 bits per heavy atom. The van der Waals surface area contributed by atoms with Crippen LogP contribution in [-0.4, -0.2) is 92.5 Å². The number of aliphatic hydroxyl groups is 2. The molecule has 0 rings (SSSR count). The summed E-state index contributed by atoms with van der Waals surface area (Å²) in [6.45, 7) is 3.77. The Balaban J connectivity index is 4.64. The summed E-state index contributed by atoms with van der Waals surface area (Å²) < 4.78 is 33.7. The molecule has 0 aliphatic carbocycles. The third kappa shape index (κ3) is 42.4. The number of esters is 2. The Labute approximate surface area is 376 Å². The first-order valence-corrected chi connectivity index (χ1v) is 24.9. The summed E-state index contributed by atoms with van der Waals surface area (Å²) >= 11 is 0. The fourth-order valence-electron chi connectivity index (χ4n) is 5.74. The Kier molecular flexibility index (Phi) is 39.0. The number of quaternary nitrogens is 1. The lowest BCUT2D eigenvalue weighted by Crippen LogP contribution is -2.37. The van der Waals surface area contributed by atoms with Gasteiger partial charge >= 0.3 is 11.9 Å². The van der Waals surface area contributed by atoms with E-state index in [2.05, 4.69) is 86.8 Å². The third-order valence-electron chi connectivity index (χ3n) is 9.59. The van der Waals surface area contributed by atoms with Crippen LogP contribution in [0, 0.1) is 0 Å². The number of unbranched alkanes of at least 4 members (excludes halogenated alkanes) is 9. The van der Waals surface area contributed by atoms with Crippen molar-refractivity contribution in [3.05, 3.63) is 85.1 Å². The minimum atomic E-state index is -4.72. The number of allylic oxidation sites excluding steroid dienone is 13. The summed E-state index contributed by atoms with van der Waals surface area (Å²) in [6.07, 6.45) is 44.9. The molecule has 0 aromatic rings. The van der Waals surface area contributed by atoms with Crippen LogP contribution in [0.25, 0.3) is 0 Å². The number of phosphoric acid groups is 1. The number of ether oxygens (including phenoxy) is 2. The van der Waals surface area contributed by atoms with Crippen LogP contribution < -0.4 is 4.89 Å². The van der Waals surface area contributed by atoms with Crippen LogP contribution in [0.5, 0.6) is 0 Å². The number of nitrogens with zero attached hydrogens (tertiary/aromatic N) is 1. The van der Waals surface area contributed by atoms with Crippen molar-refractivity contribution in [2.24, 2.45) is 0 Å². The van der Waals surface area contributed by atoms with E-state index in [-0.39, 0.29) is 45.3 Å². The summed E-state index contributed by atoms with van der Waals surface area (Å²) in [5, 5.41) is 20.8. The van der Waals surface area contributed by atoms with Gasteiger partial charge in [0.15, 0.2) is 6.10 Å². The second-order valence-corrected chi connectivity index (χ2v) is 18.1. The molecule has 4 atom stereocenters. The molecule has 0 fully saturated rings. The van der Waals surface area contributed by atoms with Crippen molar-refractivity contribution in [2.45, 2.75) is 173 Å². The highest BCUT2D eigenvalue weighted by atomic mass is 31.2. The molecule has 0 aliphatic heterocycles. The van der Waals surface area contributed by atoms with E-state index in [0.29, 0.717) is 17.4 Å².